The zero-order valence-corrected chi connectivity index (χ0v) is 12.4. The van der Waals surface area contributed by atoms with E-state index in [4.69, 9.17) is 16.9 Å². The third-order valence-electron chi connectivity index (χ3n) is 2.62. The number of hydrogen-bond acceptors (Lipinski definition) is 2. The van der Waals surface area contributed by atoms with Crippen LogP contribution in [0.1, 0.15) is 25.1 Å². The first-order valence-corrected chi connectivity index (χ1v) is 6.49. The van der Waals surface area contributed by atoms with E-state index in [1.807, 2.05) is 24.3 Å². The zero-order chi connectivity index (χ0) is 15.2. The van der Waals surface area contributed by atoms with Crippen molar-refractivity contribution in [1.82, 2.24) is 4.98 Å². The first-order chi connectivity index (χ1) is 9.36. The van der Waals surface area contributed by atoms with Crippen LogP contribution in [-0.4, -0.2) is 4.98 Å². The zero-order valence-electron chi connectivity index (χ0n) is 11.7. The van der Waals surface area contributed by atoms with Gasteiger partial charge < -0.3 is 0 Å². The molecule has 1 aromatic carbocycles. The number of hydrogen-bond donors (Lipinski definition) is 0. The minimum absolute atomic E-state index is 0.124. The highest BCUT2D eigenvalue weighted by molar-refractivity contribution is 6.30. The summed E-state index contributed by atoms with van der Waals surface area (Å²) in [5.41, 5.74) is 0.524. The van der Waals surface area contributed by atoms with E-state index in [9.17, 15) is 4.39 Å². The maximum absolute atomic E-state index is 13.2. The Morgan fingerprint density at radius 2 is 1.85 bits per heavy atom. The Labute approximate surface area is 123 Å². The van der Waals surface area contributed by atoms with E-state index < -0.39 is 11.2 Å². The van der Waals surface area contributed by atoms with Gasteiger partial charge in [0.1, 0.15) is 5.82 Å². The molecule has 2 rings (SSSR count). The summed E-state index contributed by atoms with van der Waals surface area (Å²) in [6.45, 7) is 5.29. The van der Waals surface area contributed by atoms with Crippen molar-refractivity contribution in [3.8, 4) is 6.07 Å². The van der Waals surface area contributed by atoms with Crippen LogP contribution in [-0.2, 0) is 5.41 Å². The predicted octanol–water partition coefficient (Wildman–Crippen LogP) is 4.67. The molecule has 0 amide bonds. The lowest BCUT2D eigenvalue weighted by Crippen LogP contribution is -2.18. The summed E-state index contributed by atoms with van der Waals surface area (Å²) in [5, 5.41) is 8.98. The van der Waals surface area contributed by atoms with Crippen molar-refractivity contribution in [2.24, 2.45) is 0 Å². The highest BCUT2D eigenvalue weighted by atomic mass is 35.5. The molecule has 1 heterocycles. The molecule has 0 radical (unpaired) electrons. The molecule has 0 aliphatic heterocycles. The summed E-state index contributed by atoms with van der Waals surface area (Å²) in [5.74, 6) is -0.543. The van der Waals surface area contributed by atoms with Gasteiger partial charge >= 0.3 is 0 Å². The van der Waals surface area contributed by atoms with Gasteiger partial charge in [-0.15, -0.1) is 0 Å². The Morgan fingerprint density at radius 1 is 1.25 bits per heavy atom. The molecule has 0 fully saturated rings. The molecule has 4 heteroatoms. The quantitative estimate of drug-likeness (QED) is 0.765. The van der Waals surface area contributed by atoms with Crippen LogP contribution in [0.4, 0.5) is 4.39 Å². The molecule has 2 nitrogen and oxygen atoms in total. The van der Waals surface area contributed by atoms with Gasteiger partial charge in [-0.3, -0.25) is 4.98 Å². The van der Waals surface area contributed by atoms with E-state index >= 15 is 0 Å². The summed E-state index contributed by atoms with van der Waals surface area (Å²) >= 11 is 5.52. The third kappa shape index (κ3) is 4.64. The van der Waals surface area contributed by atoms with Crippen LogP contribution >= 0.6 is 11.6 Å². The van der Waals surface area contributed by atoms with Gasteiger partial charge in [-0.1, -0.05) is 47.5 Å². The number of aryl methyl sites for hydroxylation is 1. The van der Waals surface area contributed by atoms with E-state index in [-0.39, 0.29) is 10.7 Å². The molecule has 0 saturated heterocycles. The number of benzene rings is 1. The Bertz CT molecular complexity index is 604. The number of nitrogens with zero attached hydrogens (tertiary/aromatic N) is 2. The Kier molecular flexibility index (Phi) is 5.66. The van der Waals surface area contributed by atoms with Crippen LogP contribution < -0.4 is 0 Å². The molecule has 0 spiro atoms. The third-order valence-corrected chi connectivity index (χ3v) is 2.83. The van der Waals surface area contributed by atoms with Crippen molar-refractivity contribution in [2.75, 3.05) is 0 Å². The smallest absolute Gasteiger partial charge is 0.147 e. The van der Waals surface area contributed by atoms with Crippen LogP contribution in [0, 0.1) is 24.1 Å². The molecule has 0 aliphatic carbocycles. The maximum atomic E-state index is 13.2. The molecule has 1 aromatic heterocycles. The largest absolute Gasteiger partial charge is 0.255 e. The van der Waals surface area contributed by atoms with Gasteiger partial charge in [0.2, 0.25) is 0 Å². The summed E-state index contributed by atoms with van der Waals surface area (Å²) in [4.78, 5) is 3.79. The Morgan fingerprint density at radius 3 is 2.25 bits per heavy atom. The van der Waals surface area contributed by atoms with Crippen molar-refractivity contribution in [2.45, 2.75) is 26.2 Å². The maximum Gasteiger partial charge on any atom is 0.147 e. The van der Waals surface area contributed by atoms with Crippen molar-refractivity contribution in [3.05, 3.63) is 64.7 Å². The van der Waals surface area contributed by atoms with E-state index in [1.54, 1.807) is 13.8 Å². The highest BCUT2D eigenvalue weighted by Crippen LogP contribution is 2.24. The van der Waals surface area contributed by atoms with Gasteiger partial charge in [-0.25, -0.2) is 4.39 Å². The molecule has 0 saturated carbocycles. The first-order valence-electron chi connectivity index (χ1n) is 6.11. The van der Waals surface area contributed by atoms with Gasteiger partial charge in [0.25, 0.3) is 0 Å². The number of halogens is 2. The Balaban J connectivity index is 0.000000240. The first kappa shape index (κ1) is 16.1. The highest BCUT2D eigenvalue weighted by Gasteiger charge is 2.25. The van der Waals surface area contributed by atoms with Gasteiger partial charge in [0.15, 0.2) is 0 Å². The molecule has 0 unspecified atom stereocenters. The summed E-state index contributed by atoms with van der Waals surface area (Å²) in [6.07, 6.45) is 1.33. The number of rotatable bonds is 1. The average Bonchev–Trinajstić information content (AvgIpc) is 2.40. The second kappa shape index (κ2) is 7.02. The summed E-state index contributed by atoms with van der Waals surface area (Å²) < 4.78 is 13.2. The second-order valence-electron chi connectivity index (χ2n) is 4.88. The average molecular weight is 291 g/mol. The molecule has 0 aliphatic rings. The van der Waals surface area contributed by atoms with Crippen LogP contribution in [0.15, 0.2) is 42.6 Å². The molecular formula is C16H16ClFN2. The predicted molar refractivity (Wildman–Crippen MR) is 79.0 cm³/mol. The monoisotopic (exact) mass is 290 g/mol. The van der Waals surface area contributed by atoms with Gasteiger partial charge in [0.05, 0.1) is 22.2 Å². The normalized spacial score (nSPS) is 10.2. The fraction of sp³-hybridized carbons (Fsp3) is 0.250. The van der Waals surface area contributed by atoms with E-state index in [1.165, 1.54) is 11.8 Å². The minimum atomic E-state index is -0.922. The van der Waals surface area contributed by atoms with Gasteiger partial charge in [0, 0.05) is 6.20 Å². The molecular weight excluding hydrogens is 275 g/mol. The van der Waals surface area contributed by atoms with E-state index in [0.29, 0.717) is 0 Å². The fourth-order valence-electron chi connectivity index (χ4n) is 1.46. The van der Waals surface area contributed by atoms with Crippen LogP contribution in [0.5, 0.6) is 0 Å². The lowest BCUT2D eigenvalue weighted by atomic mass is 9.90. The molecule has 0 bridgehead atoms. The number of aromatic nitrogens is 1. The van der Waals surface area contributed by atoms with Crippen LogP contribution in [0.25, 0.3) is 0 Å². The van der Waals surface area contributed by atoms with Crippen molar-refractivity contribution < 1.29 is 4.39 Å². The Hall–Kier alpha value is -1.92. The standard InChI is InChI=1S/C9H8ClFN2.C7H8/c1-9(2,5-12)8-7(11)3-6(10)4-13-8;1-7-5-3-2-4-6-7/h3-4H,1-2H3;2-6H,1H3. The van der Waals surface area contributed by atoms with Gasteiger partial charge in [-0.2, -0.15) is 5.26 Å². The fourth-order valence-corrected chi connectivity index (χ4v) is 1.61. The molecule has 0 atom stereocenters. The number of nitriles is 1. The lowest BCUT2D eigenvalue weighted by Gasteiger charge is -2.14. The summed E-state index contributed by atoms with van der Waals surface area (Å²) in [7, 11) is 0. The van der Waals surface area contributed by atoms with E-state index in [0.717, 1.165) is 6.07 Å². The second-order valence-corrected chi connectivity index (χ2v) is 5.31. The topological polar surface area (TPSA) is 36.7 Å². The molecule has 104 valence electrons. The van der Waals surface area contributed by atoms with Crippen molar-refractivity contribution in [1.29, 1.82) is 5.26 Å². The van der Waals surface area contributed by atoms with Crippen molar-refractivity contribution >= 4 is 11.6 Å². The summed E-state index contributed by atoms with van der Waals surface area (Å²) in [6, 6.07) is 13.4. The number of pyridine rings is 1. The van der Waals surface area contributed by atoms with Crippen LogP contribution in [0.2, 0.25) is 5.02 Å². The molecule has 20 heavy (non-hydrogen) atoms. The van der Waals surface area contributed by atoms with Gasteiger partial charge in [-0.05, 0) is 26.8 Å². The van der Waals surface area contributed by atoms with Crippen LogP contribution in [0.3, 0.4) is 0 Å². The minimum Gasteiger partial charge on any atom is -0.255 e. The molecule has 2 aromatic rings. The van der Waals surface area contributed by atoms with E-state index in [2.05, 4.69) is 24.0 Å². The SMILES string of the molecule is CC(C)(C#N)c1ncc(Cl)cc1F.Cc1ccccc1. The lowest BCUT2D eigenvalue weighted by molar-refractivity contribution is 0.546. The molecule has 0 N–H and O–H groups in total. The van der Waals surface area contributed by atoms with Crippen molar-refractivity contribution in [3.63, 3.8) is 0 Å².